The third-order valence-electron chi connectivity index (χ3n) is 5.35. The van der Waals surface area contributed by atoms with Gasteiger partial charge in [0.2, 0.25) is 5.91 Å². The zero-order valence-electron chi connectivity index (χ0n) is 17.7. The predicted octanol–water partition coefficient (Wildman–Crippen LogP) is 3.66. The van der Waals surface area contributed by atoms with Crippen molar-refractivity contribution in [3.63, 3.8) is 0 Å². The van der Waals surface area contributed by atoms with Gasteiger partial charge in [-0.2, -0.15) is 0 Å². The molecule has 1 amide bonds. The molecular formula is C22H31N3O4. The number of aromatic amines is 1. The SMILES string of the molecule is CCOC(=O)c1[nH]c2ccc(OC)cc2c1NC(=O)CCN1C[C@@H](C)C[C@H](C)C1. The van der Waals surface area contributed by atoms with Crippen LogP contribution in [0.15, 0.2) is 18.2 Å². The molecule has 7 nitrogen and oxygen atoms in total. The molecule has 1 fully saturated rings. The van der Waals surface area contributed by atoms with Gasteiger partial charge in [-0.1, -0.05) is 13.8 Å². The minimum Gasteiger partial charge on any atom is -0.497 e. The maximum Gasteiger partial charge on any atom is 0.356 e. The van der Waals surface area contributed by atoms with Crippen LogP contribution in [-0.2, 0) is 9.53 Å². The Morgan fingerprint density at radius 1 is 1.24 bits per heavy atom. The first-order valence-electron chi connectivity index (χ1n) is 10.3. The van der Waals surface area contributed by atoms with Gasteiger partial charge in [0.25, 0.3) is 0 Å². The molecule has 0 radical (unpaired) electrons. The lowest BCUT2D eigenvalue weighted by Gasteiger charge is -2.34. The first-order valence-corrected chi connectivity index (χ1v) is 10.3. The quantitative estimate of drug-likeness (QED) is 0.692. The number of piperidine rings is 1. The Bertz CT molecular complexity index is 866. The topological polar surface area (TPSA) is 83.7 Å². The summed E-state index contributed by atoms with van der Waals surface area (Å²) in [4.78, 5) is 30.5. The van der Waals surface area contributed by atoms with E-state index < -0.39 is 5.97 Å². The van der Waals surface area contributed by atoms with Gasteiger partial charge in [-0.25, -0.2) is 4.79 Å². The average molecular weight is 402 g/mol. The molecule has 0 saturated carbocycles. The summed E-state index contributed by atoms with van der Waals surface area (Å²) in [6.45, 7) is 9.28. The third kappa shape index (κ3) is 5.09. The number of esters is 1. The highest BCUT2D eigenvalue weighted by molar-refractivity contribution is 6.11. The number of methoxy groups -OCH3 is 1. The van der Waals surface area contributed by atoms with Crippen LogP contribution in [0.1, 0.15) is 44.1 Å². The highest BCUT2D eigenvalue weighted by atomic mass is 16.5. The number of nitrogens with zero attached hydrogens (tertiary/aromatic N) is 1. The molecule has 29 heavy (non-hydrogen) atoms. The molecule has 2 atom stereocenters. The van der Waals surface area contributed by atoms with Gasteiger partial charge >= 0.3 is 5.97 Å². The molecule has 3 rings (SSSR count). The van der Waals surface area contributed by atoms with E-state index >= 15 is 0 Å². The van der Waals surface area contributed by atoms with Gasteiger partial charge in [-0.15, -0.1) is 0 Å². The van der Waals surface area contributed by atoms with Crippen LogP contribution in [0.5, 0.6) is 5.75 Å². The Kier molecular flexibility index (Phi) is 6.79. The number of nitrogens with one attached hydrogen (secondary N) is 2. The molecule has 2 aromatic rings. The van der Waals surface area contributed by atoms with Gasteiger partial charge in [0, 0.05) is 37.0 Å². The van der Waals surface area contributed by atoms with Crippen molar-refractivity contribution in [3.8, 4) is 5.75 Å². The number of rotatable bonds is 7. The minimum absolute atomic E-state index is 0.120. The number of anilines is 1. The molecule has 0 aliphatic carbocycles. The average Bonchev–Trinajstić information content (AvgIpc) is 3.03. The lowest BCUT2D eigenvalue weighted by Crippen LogP contribution is -2.40. The number of carbonyl (C=O) groups is 2. The summed E-state index contributed by atoms with van der Waals surface area (Å²) in [6, 6.07) is 5.43. The van der Waals surface area contributed by atoms with Crippen molar-refractivity contribution in [2.45, 2.75) is 33.6 Å². The van der Waals surface area contributed by atoms with E-state index in [1.54, 1.807) is 26.2 Å². The fourth-order valence-corrected chi connectivity index (χ4v) is 4.22. The molecular weight excluding hydrogens is 370 g/mol. The van der Waals surface area contributed by atoms with Crippen LogP contribution >= 0.6 is 0 Å². The van der Waals surface area contributed by atoms with Crippen LogP contribution in [0.3, 0.4) is 0 Å². The van der Waals surface area contributed by atoms with Crippen molar-refractivity contribution in [2.24, 2.45) is 11.8 Å². The molecule has 7 heteroatoms. The summed E-state index contributed by atoms with van der Waals surface area (Å²) in [5.41, 5.74) is 1.44. The predicted molar refractivity (Wildman–Crippen MR) is 113 cm³/mol. The van der Waals surface area contributed by atoms with Crippen molar-refractivity contribution in [2.75, 3.05) is 38.7 Å². The van der Waals surface area contributed by atoms with Gasteiger partial charge in [0.05, 0.1) is 19.4 Å². The number of ether oxygens (including phenoxy) is 2. The molecule has 1 aliphatic rings. The van der Waals surface area contributed by atoms with Crippen molar-refractivity contribution >= 4 is 28.5 Å². The van der Waals surface area contributed by atoms with Gasteiger partial charge in [-0.05, 0) is 43.4 Å². The normalized spacial score (nSPS) is 19.9. The number of H-pyrrole nitrogens is 1. The van der Waals surface area contributed by atoms with Crippen molar-refractivity contribution in [3.05, 3.63) is 23.9 Å². The second-order valence-corrected chi connectivity index (χ2v) is 8.01. The second-order valence-electron chi connectivity index (χ2n) is 8.01. The van der Waals surface area contributed by atoms with E-state index in [1.807, 2.05) is 6.07 Å². The number of hydrogen-bond donors (Lipinski definition) is 2. The highest BCUT2D eigenvalue weighted by Crippen LogP contribution is 2.31. The summed E-state index contributed by atoms with van der Waals surface area (Å²) in [6.07, 6.45) is 1.61. The van der Waals surface area contributed by atoms with E-state index in [4.69, 9.17) is 9.47 Å². The Hall–Kier alpha value is -2.54. The first kappa shape index (κ1) is 21.2. The summed E-state index contributed by atoms with van der Waals surface area (Å²) in [5, 5.41) is 3.66. The highest BCUT2D eigenvalue weighted by Gasteiger charge is 2.24. The molecule has 2 heterocycles. The number of likely N-dealkylation sites (tertiary alicyclic amines) is 1. The fourth-order valence-electron chi connectivity index (χ4n) is 4.22. The van der Waals surface area contributed by atoms with Gasteiger partial charge in [-0.3, -0.25) is 4.79 Å². The Balaban J connectivity index is 1.77. The standard InChI is InChI=1S/C22H31N3O4/c1-5-29-22(27)21-20(17-11-16(28-4)6-7-18(17)23-21)24-19(26)8-9-25-12-14(2)10-15(3)13-25/h6-7,11,14-15,23H,5,8-10,12-13H2,1-4H3,(H,24,26)/t14-,15-/m0/s1. The molecule has 2 N–H and O–H groups in total. The number of aromatic nitrogens is 1. The summed E-state index contributed by atoms with van der Waals surface area (Å²) in [5.74, 6) is 1.34. The molecule has 1 aliphatic heterocycles. The molecule has 158 valence electrons. The Morgan fingerprint density at radius 2 is 1.97 bits per heavy atom. The summed E-state index contributed by atoms with van der Waals surface area (Å²) < 4.78 is 10.5. The number of benzene rings is 1. The minimum atomic E-state index is -0.489. The van der Waals surface area contributed by atoms with Crippen molar-refractivity contribution in [1.82, 2.24) is 9.88 Å². The van der Waals surface area contributed by atoms with Crippen LogP contribution in [0.2, 0.25) is 0 Å². The van der Waals surface area contributed by atoms with Crippen LogP contribution in [-0.4, -0.2) is 55.1 Å². The van der Waals surface area contributed by atoms with Crippen LogP contribution in [0.25, 0.3) is 10.9 Å². The van der Waals surface area contributed by atoms with Gasteiger partial charge in [0.1, 0.15) is 11.4 Å². The largest absolute Gasteiger partial charge is 0.497 e. The zero-order valence-corrected chi connectivity index (χ0v) is 17.7. The number of hydrogen-bond acceptors (Lipinski definition) is 5. The molecule has 0 unspecified atom stereocenters. The van der Waals surface area contributed by atoms with Crippen LogP contribution in [0, 0.1) is 11.8 Å². The van der Waals surface area contributed by atoms with Crippen molar-refractivity contribution < 1.29 is 19.1 Å². The van der Waals surface area contributed by atoms with E-state index in [9.17, 15) is 9.59 Å². The maximum absolute atomic E-state index is 12.7. The van der Waals surface area contributed by atoms with Crippen LogP contribution in [0.4, 0.5) is 5.69 Å². The van der Waals surface area contributed by atoms with E-state index in [0.29, 0.717) is 36.2 Å². The number of fused-ring (bicyclic) bond motifs is 1. The lowest BCUT2D eigenvalue weighted by atomic mass is 9.92. The number of amides is 1. The lowest BCUT2D eigenvalue weighted by molar-refractivity contribution is -0.116. The fraction of sp³-hybridized carbons (Fsp3) is 0.545. The summed E-state index contributed by atoms with van der Waals surface area (Å²) in [7, 11) is 1.58. The zero-order chi connectivity index (χ0) is 21.0. The molecule has 1 aromatic heterocycles. The summed E-state index contributed by atoms with van der Waals surface area (Å²) >= 11 is 0. The second kappa shape index (κ2) is 9.31. The third-order valence-corrected chi connectivity index (χ3v) is 5.35. The Morgan fingerprint density at radius 3 is 2.62 bits per heavy atom. The first-order chi connectivity index (χ1) is 13.9. The smallest absolute Gasteiger partial charge is 0.356 e. The molecule has 0 bridgehead atoms. The number of carbonyl (C=O) groups excluding carboxylic acids is 2. The van der Waals surface area contributed by atoms with Crippen molar-refractivity contribution in [1.29, 1.82) is 0 Å². The molecule has 1 saturated heterocycles. The van der Waals surface area contributed by atoms with Gasteiger partial charge < -0.3 is 24.7 Å². The van der Waals surface area contributed by atoms with E-state index in [1.165, 1.54) is 6.42 Å². The van der Waals surface area contributed by atoms with Crippen LogP contribution < -0.4 is 10.1 Å². The molecule has 0 spiro atoms. The van der Waals surface area contributed by atoms with Gasteiger partial charge in [0.15, 0.2) is 0 Å². The van der Waals surface area contributed by atoms with E-state index in [0.717, 1.165) is 24.0 Å². The Labute approximate surface area is 171 Å². The molecule has 1 aromatic carbocycles. The van der Waals surface area contributed by atoms with E-state index in [-0.39, 0.29) is 18.2 Å². The monoisotopic (exact) mass is 401 g/mol. The maximum atomic E-state index is 12.7. The van der Waals surface area contributed by atoms with E-state index in [2.05, 4.69) is 29.0 Å².